The first-order valence-corrected chi connectivity index (χ1v) is 13.0. The molecular weight excluding hydrogens is 524 g/mol. The van der Waals surface area contributed by atoms with Crippen LogP contribution < -0.4 is 15.0 Å². The molecule has 0 amide bonds. The number of nitrogens with zero attached hydrogens (tertiary/aromatic N) is 2. The maximum absolute atomic E-state index is 13.1. The van der Waals surface area contributed by atoms with Crippen molar-refractivity contribution in [1.29, 1.82) is 0 Å². The molecule has 210 valence electrons. The first-order valence-electron chi connectivity index (χ1n) is 13.0. The molecule has 0 aliphatic rings. The van der Waals surface area contributed by atoms with E-state index in [4.69, 9.17) is 18.9 Å². The minimum absolute atomic E-state index is 0.173. The van der Waals surface area contributed by atoms with Crippen LogP contribution in [0.25, 0.3) is 38.6 Å². The fraction of sp³-hybridized carbons (Fsp3) is 0.219. The van der Waals surface area contributed by atoms with E-state index in [1.165, 1.54) is 13.2 Å². The fourth-order valence-corrected chi connectivity index (χ4v) is 5.21. The maximum atomic E-state index is 13.1. The van der Waals surface area contributed by atoms with Crippen molar-refractivity contribution in [3.05, 3.63) is 94.4 Å². The van der Waals surface area contributed by atoms with E-state index in [1.54, 1.807) is 62.2 Å². The normalized spacial score (nSPS) is 11.9. The molecule has 0 aliphatic carbocycles. The number of hydrogen-bond donors (Lipinski definition) is 1. The number of aromatic nitrogens is 2. The van der Waals surface area contributed by atoms with E-state index in [1.807, 2.05) is 30.3 Å². The van der Waals surface area contributed by atoms with E-state index >= 15 is 0 Å². The van der Waals surface area contributed by atoms with Crippen molar-refractivity contribution in [2.24, 2.45) is 0 Å². The maximum Gasteiger partial charge on any atom is 0.339 e. The van der Waals surface area contributed by atoms with Crippen LogP contribution in [0.1, 0.15) is 24.2 Å². The smallest absolute Gasteiger partial charge is 0.339 e. The van der Waals surface area contributed by atoms with E-state index in [9.17, 15) is 14.7 Å². The van der Waals surface area contributed by atoms with Crippen LogP contribution in [0.15, 0.2) is 77.7 Å². The molecule has 1 atom stereocenters. The van der Waals surface area contributed by atoms with Gasteiger partial charge in [0.25, 0.3) is 5.56 Å². The fourth-order valence-electron chi connectivity index (χ4n) is 5.21. The first-order chi connectivity index (χ1) is 19.9. The summed E-state index contributed by atoms with van der Waals surface area (Å²) in [5.74, 6) is 0.816. The average Bonchev–Trinajstić information content (AvgIpc) is 3.00. The number of para-hydroxylation sites is 1. The molecule has 0 saturated carbocycles. The number of aliphatic hydroxyl groups excluding tert-OH is 1. The minimum atomic E-state index is -1.09. The Labute approximate surface area is 236 Å². The molecule has 0 radical (unpaired) electrons. The number of methoxy groups -OCH3 is 3. The highest BCUT2D eigenvalue weighted by Gasteiger charge is 2.28. The van der Waals surface area contributed by atoms with Gasteiger partial charge in [0.2, 0.25) is 0 Å². The van der Waals surface area contributed by atoms with Gasteiger partial charge in [-0.05, 0) is 87.8 Å². The van der Waals surface area contributed by atoms with Gasteiger partial charge in [-0.15, -0.1) is 0 Å². The van der Waals surface area contributed by atoms with Gasteiger partial charge < -0.3 is 24.1 Å². The van der Waals surface area contributed by atoms with Crippen molar-refractivity contribution in [2.75, 3.05) is 27.9 Å². The van der Waals surface area contributed by atoms with Crippen molar-refractivity contribution < 1.29 is 28.8 Å². The van der Waals surface area contributed by atoms with Gasteiger partial charge in [-0.25, -0.2) is 9.78 Å². The molecule has 0 bridgehead atoms. The van der Waals surface area contributed by atoms with Crippen LogP contribution in [0.3, 0.4) is 0 Å². The number of carbonyl (C=O) groups excluding carboxylic acids is 1. The summed E-state index contributed by atoms with van der Waals surface area (Å²) in [7, 11) is 4.50. The first kappa shape index (κ1) is 27.8. The summed E-state index contributed by atoms with van der Waals surface area (Å²) in [6.45, 7) is 1.49. The summed E-state index contributed by atoms with van der Waals surface area (Å²) < 4.78 is 23.6. The number of rotatable bonds is 9. The van der Waals surface area contributed by atoms with Crippen molar-refractivity contribution in [1.82, 2.24) is 9.55 Å². The number of hydrogen-bond acceptors (Lipinski definition) is 8. The lowest BCUT2D eigenvalue weighted by Crippen LogP contribution is -2.20. The van der Waals surface area contributed by atoms with Crippen molar-refractivity contribution in [3.8, 4) is 28.4 Å². The predicted octanol–water partition coefficient (Wildman–Crippen LogP) is 4.97. The molecule has 1 unspecified atom stereocenters. The van der Waals surface area contributed by atoms with Gasteiger partial charge in [-0.2, -0.15) is 0 Å². The Morgan fingerprint density at radius 2 is 1.71 bits per heavy atom. The van der Waals surface area contributed by atoms with Gasteiger partial charge in [0.1, 0.15) is 5.82 Å². The van der Waals surface area contributed by atoms with Crippen molar-refractivity contribution >= 4 is 27.6 Å². The SMILES string of the molecule is CCOC(=O)C(OC)c1cc2cc(OC)c(OC)cc2c(-c2ccnc(-n3c(=O)ccc4ccccc43)c2)c1CO. The molecule has 41 heavy (non-hydrogen) atoms. The standard InChI is InChI=1S/C32H30N2O7/c1-5-41-32(37)31(40-4)23-14-21-15-26(38-2)27(39-3)17-22(21)30(24(23)18-35)20-12-13-33-28(16-20)34-25-9-7-6-8-19(25)10-11-29(34)36/h6-17,31,35H,5,18H2,1-4H3. The number of benzene rings is 3. The van der Waals surface area contributed by atoms with E-state index in [0.717, 1.165) is 16.2 Å². The van der Waals surface area contributed by atoms with E-state index in [-0.39, 0.29) is 12.2 Å². The molecule has 3 aromatic carbocycles. The van der Waals surface area contributed by atoms with Crippen LogP contribution in [-0.2, 0) is 20.9 Å². The van der Waals surface area contributed by atoms with Gasteiger partial charge in [0, 0.05) is 19.4 Å². The minimum Gasteiger partial charge on any atom is -0.493 e. The predicted molar refractivity (Wildman–Crippen MR) is 156 cm³/mol. The Hall–Kier alpha value is -4.73. The Morgan fingerprint density at radius 3 is 2.41 bits per heavy atom. The number of aliphatic hydroxyl groups is 1. The summed E-state index contributed by atoms with van der Waals surface area (Å²) in [5, 5.41) is 13.1. The topological polar surface area (TPSA) is 109 Å². The van der Waals surface area contributed by atoms with Crippen LogP contribution in [0, 0.1) is 0 Å². The largest absolute Gasteiger partial charge is 0.493 e. The highest BCUT2D eigenvalue weighted by atomic mass is 16.6. The number of carbonyl (C=O) groups is 1. The molecule has 9 heteroatoms. The zero-order chi connectivity index (χ0) is 29.1. The van der Waals surface area contributed by atoms with Gasteiger partial charge in [-0.1, -0.05) is 18.2 Å². The molecule has 0 fully saturated rings. The Bertz CT molecular complexity index is 1810. The number of esters is 1. The lowest BCUT2D eigenvalue weighted by atomic mass is 9.88. The molecule has 5 rings (SSSR count). The summed E-state index contributed by atoms with van der Waals surface area (Å²) in [4.78, 5) is 30.5. The summed E-state index contributed by atoms with van der Waals surface area (Å²) in [6.07, 6.45) is 0.522. The third kappa shape index (κ3) is 5.01. The van der Waals surface area contributed by atoms with Crippen LogP contribution in [0.5, 0.6) is 11.5 Å². The second-order valence-electron chi connectivity index (χ2n) is 9.24. The number of fused-ring (bicyclic) bond motifs is 2. The zero-order valence-electron chi connectivity index (χ0n) is 23.2. The molecule has 0 spiro atoms. The van der Waals surface area contributed by atoms with E-state index in [2.05, 4.69) is 4.98 Å². The van der Waals surface area contributed by atoms with Crippen molar-refractivity contribution in [2.45, 2.75) is 19.6 Å². The zero-order valence-corrected chi connectivity index (χ0v) is 23.2. The number of ether oxygens (including phenoxy) is 4. The highest BCUT2D eigenvalue weighted by Crippen LogP contribution is 2.42. The Kier molecular flexibility index (Phi) is 8.00. The highest BCUT2D eigenvalue weighted by molar-refractivity contribution is 6.02. The molecule has 5 aromatic rings. The van der Waals surface area contributed by atoms with Gasteiger partial charge in [0.05, 0.1) is 33.0 Å². The van der Waals surface area contributed by atoms with Gasteiger partial charge in [-0.3, -0.25) is 9.36 Å². The quantitative estimate of drug-likeness (QED) is 0.255. The second kappa shape index (κ2) is 11.8. The molecule has 0 saturated heterocycles. The lowest BCUT2D eigenvalue weighted by Gasteiger charge is -2.23. The Morgan fingerprint density at radius 1 is 0.951 bits per heavy atom. The number of pyridine rings is 2. The third-order valence-electron chi connectivity index (χ3n) is 7.03. The summed E-state index contributed by atoms with van der Waals surface area (Å²) >= 11 is 0. The van der Waals surface area contributed by atoms with Crippen molar-refractivity contribution in [3.63, 3.8) is 0 Å². The third-order valence-corrected chi connectivity index (χ3v) is 7.03. The molecular formula is C32H30N2O7. The monoisotopic (exact) mass is 554 g/mol. The summed E-state index contributed by atoms with van der Waals surface area (Å²) in [6, 6.07) is 19.8. The molecule has 9 nitrogen and oxygen atoms in total. The second-order valence-corrected chi connectivity index (χ2v) is 9.24. The molecule has 2 heterocycles. The van der Waals surface area contributed by atoms with E-state index in [0.29, 0.717) is 45.1 Å². The van der Waals surface area contributed by atoms with Crippen LogP contribution >= 0.6 is 0 Å². The van der Waals surface area contributed by atoms with Crippen LogP contribution in [-0.4, -0.2) is 48.6 Å². The van der Waals surface area contributed by atoms with Crippen LogP contribution in [0.4, 0.5) is 0 Å². The van der Waals surface area contributed by atoms with E-state index < -0.39 is 18.7 Å². The summed E-state index contributed by atoms with van der Waals surface area (Å²) in [5.41, 5.74) is 2.68. The van der Waals surface area contributed by atoms with Crippen LogP contribution in [0.2, 0.25) is 0 Å². The Balaban J connectivity index is 1.85. The average molecular weight is 555 g/mol. The van der Waals surface area contributed by atoms with Gasteiger partial charge >= 0.3 is 5.97 Å². The molecule has 0 aliphatic heterocycles. The van der Waals surface area contributed by atoms with Gasteiger partial charge in [0.15, 0.2) is 17.6 Å². The lowest BCUT2D eigenvalue weighted by molar-refractivity contribution is -0.155. The molecule has 2 aromatic heterocycles. The molecule has 1 N–H and O–H groups in total.